The zero-order chi connectivity index (χ0) is 12.3. The average Bonchev–Trinajstić information content (AvgIpc) is 2.72. The minimum absolute atomic E-state index is 0. The van der Waals surface area contributed by atoms with Crippen LogP contribution in [0.1, 0.15) is 27.4 Å². The third kappa shape index (κ3) is 3.60. The summed E-state index contributed by atoms with van der Waals surface area (Å²) in [7, 11) is 1.60. The van der Waals surface area contributed by atoms with E-state index in [0.29, 0.717) is 10.6 Å². The van der Waals surface area contributed by atoms with Crippen molar-refractivity contribution in [2.45, 2.75) is 25.8 Å². The lowest BCUT2D eigenvalue weighted by molar-refractivity contribution is 0.0932. The van der Waals surface area contributed by atoms with Crippen molar-refractivity contribution in [1.29, 1.82) is 0 Å². The van der Waals surface area contributed by atoms with Crippen LogP contribution in [0.25, 0.3) is 0 Å². The molecular formula is C12H19ClN2O2S. The fraction of sp³-hybridized carbons (Fsp3) is 0.583. The summed E-state index contributed by atoms with van der Waals surface area (Å²) in [5.41, 5.74) is 0. The number of halogens is 1. The SMILES string of the molecule is COc1cc(C)sc1C(=O)N[C@H]1CCCNC1.Cl. The summed E-state index contributed by atoms with van der Waals surface area (Å²) in [5.74, 6) is 0.655. The Bertz CT molecular complexity index is 403. The van der Waals surface area contributed by atoms with Gasteiger partial charge in [-0.15, -0.1) is 23.7 Å². The second-order valence-corrected chi connectivity index (χ2v) is 5.53. The Labute approximate surface area is 118 Å². The Balaban J connectivity index is 0.00000162. The molecule has 2 heterocycles. The van der Waals surface area contributed by atoms with Gasteiger partial charge in [0.15, 0.2) is 0 Å². The topological polar surface area (TPSA) is 50.4 Å². The number of carbonyl (C=O) groups is 1. The maximum Gasteiger partial charge on any atom is 0.265 e. The second kappa shape index (κ2) is 6.97. The number of aryl methyl sites for hydroxylation is 1. The van der Waals surface area contributed by atoms with Crippen molar-refractivity contribution in [1.82, 2.24) is 10.6 Å². The molecule has 102 valence electrons. The van der Waals surface area contributed by atoms with Gasteiger partial charge >= 0.3 is 0 Å². The number of ether oxygens (including phenoxy) is 1. The number of hydrogen-bond donors (Lipinski definition) is 2. The molecule has 1 aromatic rings. The number of carbonyl (C=O) groups excluding carboxylic acids is 1. The van der Waals surface area contributed by atoms with Crippen LogP contribution in [0, 0.1) is 6.92 Å². The molecule has 1 aliphatic heterocycles. The molecule has 6 heteroatoms. The molecule has 2 rings (SSSR count). The van der Waals surface area contributed by atoms with Crippen molar-refractivity contribution >= 4 is 29.7 Å². The van der Waals surface area contributed by atoms with Crippen LogP contribution in [0.4, 0.5) is 0 Å². The molecule has 0 aromatic carbocycles. The Morgan fingerprint density at radius 1 is 1.61 bits per heavy atom. The van der Waals surface area contributed by atoms with E-state index < -0.39 is 0 Å². The lowest BCUT2D eigenvalue weighted by atomic mass is 10.1. The van der Waals surface area contributed by atoms with E-state index in [2.05, 4.69) is 10.6 Å². The van der Waals surface area contributed by atoms with Crippen molar-refractivity contribution in [2.24, 2.45) is 0 Å². The summed E-state index contributed by atoms with van der Waals surface area (Å²) in [5, 5.41) is 6.34. The van der Waals surface area contributed by atoms with E-state index in [0.717, 1.165) is 30.8 Å². The van der Waals surface area contributed by atoms with Crippen molar-refractivity contribution in [2.75, 3.05) is 20.2 Å². The van der Waals surface area contributed by atoms with Crippen LogP contribution < -0.4 is 15.4 Å². The zero-order valence-electron chi connectivity index (χ0n) is 10.6. The normalized spacial score (nSPS) is 18.9. The van der Waals surface area contributed by atoms with Crippen molar-refractivity contribution in [3.05, 3.63) is 15.8 Å². The van der Waals surface area contributed by atoms with Gasteiger partial charge in [-0.3, -0.25) is 4.79 Å². The van der Waals surface area contributed by atoms with E-state index in [1.54, 1.807) is 7.11 Å². The van der Waals surface area contributed by atoms with Gasteiger partial charge in [0, 0.05) is 17.5 Å². The summed E-state index contributed by atoms with van der Waals surface area (Å²) in [6.45, 7) is 3.89. The summed E-state index contributed by atoms with van der Waals surface area (Å²) >= 11 is 1.48. The fourth-order valence-corrected chi connectivity index (χ4v) is 2.91. The van der Waals surface area contributed by atoms with Crippen LogP contribution in [0.15, 0.2) is 6.07 Å². The molecule has 1 aliphatic rings. The Morgan fingerprint density at radius 2 is 2.39 bits per heavy atom. The molecule has 4 nitrogen and oxygen atoms in total. The molecule has 1 aromatic heterocycles. The van der Waals surface area contributed by atoms with Crippen molar-refractivity contribution < 1.29 is 9.53 Å². The third-order valence-corrected chi connectivity index (χ3v) is 3.91. The predicted molar refractivity (Wildman–Crippen MR) is 76.2 cm³/mol. The Hall–Kier alpha value is -0.780. The minimum atomic E-state index is -0.0198. The molecule has 18 heavy (non-hydrogen) atoms. The van der Waals surface area contributed by atoms with Crippen molar-refractivity contribution in [3.63, 3.8) is 0 Å². The van der Waals surface area contributed by atoms with Crippen LogP contribution in [0.5, 0.6) is 5.75 Å². The van der Waals surface area contributed by atoms with Gasteiger partial charge in [-0.1, -0.05) is 0 Å². The average molecular weight is 291 g/mol. The van der Waals surface area contributed by atoms with Crippen LogP contribution in [-0.4, -0.2) is 32.1 Å². The molecule has 0 radical (unpaired) electrons. The number of amides is 1. The Kier molecular flexibility index (Phi) is 5.91. The van der Waals surface area contributed by atoms with Gasteiger partial charge in [-0.05, 0) is 32.4 Å². The number of hydrogen-bond acceptors (Lipinski definition) is 4. The molecule has 1 fully saturated rings. The third-order valence-electron chi connectivity index (χ3n) is 2.88. The predicted octanol–water partition coefficient (Wildman–Crippen LogP) is 1.97. The maximum atomic E-state index is 12.1. The second-order valence-electron chi connectivity index (χ2n) is 4.27. The van der Waals surface area contributed by atoms with Gasteiger partial charge in [0.05, 0.1) is 7.11 Å². The molecule has 1 saturated heterocycles. The van der Waals surface area contributed by atoms with E-state index >= 15 is 0 Å². The molecule has 0 bridgehead atoms. The number of rotatable bonds is 3. The van der Waals surface area contributed by atoms with Crippen LogP contribution in [0.2, 0.25) is 0 Å². The largest absolute Gasteiger partial charge is 0.495 e. The van der Waals surface area contributed by atoms with E-state index in [4.69, 9.17) is 4.74 Å². The molecule has 0 unspecified atom stereocenters. The number of methoxy groups -OCH3 is 1. The minimum Gasteiger partial charge on any atom is -0.495 e. The standard InChI is InChI=1S/C12H18N2O2S.ClH/c1-8-6-10(16-2)11(17-8)12(15)14-9-4-3-5-13-7-9;/h6,9,13H,3-5,7H2,1-2H3,(H,14,15);1H/t9-;/m0./s1. The van der Waals surface area contributed by atoms with Gasteiger partial charge in [0.25, 0.3) is 5.91 Å². The first-order chi connectivity index (χ1) is 8.20. The summed E-state index contributed by atoms with van der Waals surface area (Å²) in [4.78, 5) is 13.9. The van der Waals surface area contributed by atoms with E-state index in [1.807, 2.05) is 13.0 Å². The summed E-state index contributed by atoms with van der Waals surface area (Å²) in [6, 6.07) is 2.14. The van der Waals surface area contributed by atoms with Gasteiger partial charge in [-0.2, -0.15) is 0 Å². The number of piperidine rings is 1. The first kappa shape index (κ1) is 15.3. The molecule has 0 saturated carbocycles. The Morgan fingerprint density at radius 3 is 3.00 bits per heavy atom. The highest BCUT2D eigenvalue weighted by Gasteiger charge is 2.20. The lowest BCUT2D eigenvalue weighted by Crippen LogP contribution is -2.45. The van der Waals surface area contributed by atoms with E-state index in [9.17, 15) is 4.79 Å². The van der Waals surface area contributed by atoms with Crippen LogP contribution in [0.3, 0.4) is 0 Å². The smallest absolute Gasteiger partial charge is 0.265 e. The van der Waals surface area contributed by atoms with Gasteiger partial charge in [-0.25, -0.2) is 0 Å². The lowest BCUT2D eigenvalue weighted by Gasteiger charge is -2.23. The highest BCUT2D eigenvalue weighted by molar-refractivity contribution is 7.14. The summed E-state index contributed by atoms with van der Waals surface area (Å²) in [6.07, 6.45) is 2.16. The molecule has 2 N–H and O–H groups in total. The van der Waals surface area contributed by atoms with E-state index in [1.165, 1.54) is 11.3 Å². The zero-order valence-corrected chi connectivity index (χ0v) is 12.2. The fourth-order valence-electron chi connectivity index (χ4n) is 2.03. The molecule has 1 atom stereocenters. The van der Waals surface area contributed by atoms with E-state index in [-0.39, 0.29) is 24.4 Å². The number of thiophene rings is 1. The molecule has 0 spiro atoms. The highest BCUT2D eigenvalue weighted by Crippen LogP contribution is 2.28. The summed E-state index contributed by atoms with van der Waals surface area (Å²) < 4.78 is 5.21. The molecule has 1 amide bonds. The number of nitrogens with one attached hydrogen (secondary N) is 2. The highest BCUT2D eigenvalue weighted by atomic mass is 35.5. The first-order valence-electron chi connectivity index (χ1n) is 5.86. The first-order valence-corrected chi connectivity index (χ1v) is 6.68. The van der Waals surface area contributed by atoms with Crippen LogP contribution >= 0.6 is 23.7 Å². The quantitative estimate of drug-likeness (QED) is 0.895. The molecule has 0 aliphatic carbocycles. The maximum absolute atomic E-state index is 12.1. The van der Waals surface area contributed by atoms with Crippen molar-refractivity contribution in [3.8, 4) is 5.75 Å². The van der Waals surface area contributed by atoms with Gasteiger partial charge in [0.2, 0.25) is 0 Å². The van der Waals surface area contributed by atoms with Gasteiger partial charge < -0.3 is 15.4 Å². The molecular weight excluding hydrogens is 272 g/mol. The van der Waals surface area contributed by atoms with Gasteiger partial charge in [0.1, 0.15) is 10.6 Å². The van der Waals surface area contributed by atoms with Crippen LogP contribution in [-0.2, 0) is 0 Å². The monoisotopic (exact) mass is 290 g/mol.